The van der Waals surface area contributed by atoms with Gasteiger partial charge in [-0.2, -0.15) is 5.10 Å². The number of aromatic nitrogens is 4. The van der Waals surface area contributed by atoms with Gasteiger partial charge in [0.1, 0.15) is 11.5 Å². The number of likely N-dealkylation sites (tertiary alicyclic amines) is 1. The van der Waals surface area contributed by atoms with Gasteiger partial charge in [-0.05, 0) is 31.4 Å². The van der Waals surface area contributed by atoms with Crippen molar-refractivity contribution < 1.29 is 4.79 Å². The van der Waals surface area contributed by atoms with E-state index in [4.69, 9.17) is 0 Å². The number of hydrogen-bond donors (Lipinski definition) is 1. The van der Waals surface area contributed by atoms with Gasteiger partial charge < -0.3 is 9.88 Å². The lowest BCUT2D eigenvalue weighted by atomic mass is 10.0. The summed E-state index contributed by atoms with van der Waals surface area (Å²) in [5.41, 5.74) is 2.07. The summed E-state index contributed by atoms with van der Waals surface area (Å²) in [6.45, 7) is 2.37. The number of nitrogens with one attached hydrogen (secondary N) is 1. The van der Waals surface area contributed by atoms with Crippen LogP contribution in [-0.2, 0) is 13.5 Å². The first-order valence-corrected chi connectivity index (χ1v) is 9.93. The first-order chi connectivity index (χ1) is 14.4. The molecule has 0 aliphatic carbocycles. The highest BCUT2D eigenvalue weighted by Crippen LogP contribution is 2.30. The summed E-state index contributed by atoms with van der Waals surface area (Å²) in [5.74, 6) is 0.215. The Bertz CT molecular complexity index is 1200. The lowest BCUT2D eigenvalue weighted by molar-refractivity contribution is 0.0721. The number of nitrogens with zero attached hydrogens (tertiary/aromatic N) is 4. The molecule has 4 rings (SSSR count). The van der Waals surface area contributed by atoms with Crippen LogP contribution in [0.25, 0.3) is 0 Å². The minimum absolute atomic E-state index is 0.180. The quantitative estimate of drug-likeness (QED) is 0.713. The van der Waals surface area contributed by atoms with E-state index in [0.29, 0.717) is 36.5 Å². The van der Waals surface area contributed by atoms with Crippen LogP contribution >= 0.6 is 0 Å². The zero-order chi connectivity index (χ0) is 21.3. The Morgan fingerprint density at radius 2 is 1.93 bits per heavy atom. The summed E-state index contributed by atoms with van der Waals surface area (Å²) in [7, 11) is 1.51. The third-order valence-electron chi connectivity index (χ3n) is 5.47. The number of aromatic amines is 1. The average Bonchev–Trinajstić information content (AvgIpc) is 3.23. The van der Waals surface area contributed by atoms with E-state index in [9.17, 15) is 14.4 Å². The Balaban J connectivity index is 1.62. The molecule has 0 saturated carbocycles. The molecule has 2 aromatic heterocycles. The maximum atomic E-state index is 13.0. The van der Waals surface area contributed by atoms with Gasteiger partial charge in [0.2, 0.25) is 0 Å². The Morgan fingerprint density at radius 3 is 2.63 bits per heavy atom. The maximum Gasteiger partial charge on any atom is 0.274 e. The predicted octanol–water partition coefficient (Wildman–Crippen LogP) is 1.74. The number of H-pyrrole nitrogens is 1. The third-order valence-corrected chi connectivity index (χ3v) is 5.47. The molecule has 1 atom stereocenters. The van der Waals surface area contributed by atoms with Crippen LogP contribution in [0.5, 0.6) is 0 Å². The molecular formula is C22H23N5O3. The normalized spacial score (nSPS) is 16.1. The number of benzene rings is 1. The Hall–Kier alpha value is -3.55. The van der Waals surface area contributed by atoms with Crippen molar-refractivity contribution in [2.75, 3.05) is 6.54 Å². The Labute approximate surface area is 173 Å². The summed E-state index contributed by atoms with van der Waals surface area (Å²) in [4.78, 5) is 46.6. The van der Waals surface area contributed by atoms with Gasteiger partial charge in [0, 0.05) is 37.3 Å². The molecule has 154 valence electrons. The highest BCUT2D eigenvalue weighted by molar-refractivity contribution is 5.92. The van der Waals surface area contributed by atoms with Gasteiger partial charge in [-0.25, -0.2) is 9.67 Å². The molecule has 3 aromatic rings. The molecule has 0 radical (unpaired) electrons. The number of carbonyl (C=O) groups excluding carboxylic acids is 1. The van der Waals surface area contributed by atoms with E-state index in [0.717, 1.165) is 16.7 Å². The van der Waals surface area contributed by atoms with Crippen molar-refractivity contribution in [2.24, 2.45) is 7.05 Å². The van der Waals surface area contributed by atoms with Crippen LogP contribution in [0.4, 0.5) is 0 Å². The van der Waals surface area contributed by atoms with Crippen molar-refractivity contribution in [3.8, 4) is 0 Å². The zero-order valence-electron chi connectivity index (χ0n) is 17.0. The third kappa shape index (κ3) is 3.80. The van der Waals surface area contributed by atoms with Crippen molar-refractivity contribution in [1.29, 1.82) is 0 Å². The molecule has 1 amide bonds. The van der Waals surface area contributed by atoms with Gasteiger partial charge in [0.05, 0.1) is 6.04 Å². The fourth-order valence-electron chi connectivity index (χ4n) is 3.86. The van der Waals surface area contributed by atoms with E-state index in [-0.39, 0.29) is 28.8 Å². The zero-order valence-corrected chi connectivity index (χ0v) is 17.0. The van der Waals surface area contributed by atoms with Crippen LogP contribution in [0.1, 0.15) is 52.0 Å². The van der Waals surface area contributed by atoms with Crippen molar-refractivity contribution >= 4 is 5.91 Å². The Kier molecular flexibility index (Phi) is 5.31. The molecule has 1 aromatic carbocycles. The first-order valence-electron chi connectivity index (χ1n) is 9.93. The van der Waals surface area contributed by atoms with E-state index < -0.39 is 0 Å². The number of amides is 1. The highest BCUT2D eigenvalue weighted by Gasteiger charge is 2.33. The van der Waals surface area contributed by atoms with E-state index >= 15 is 0 Å². The van der Waals surface area contributed by atoms with Crippen LogP contribution in [0.15, 0.2) is 52.1 Å². The fourth-order valence-corrected chi connectivity index (χ4v) is 3.86. The summed E-state index contributed by atoms with van der Waals surface area (Å²) < 4.78 is 1.14. The van der Waals surface area contributed by atoms with Crippen LogP contribution in [-0.4, -0.2) is 37.1 Å². The van der Waals surface area contributed by atoms with E-state index in [2.05, 4.69) is 15.1 Å². The molecule has 3 heterocycles. The molecule has 1 saturated heterocycles. The second-order valence-electron chi connectivity index (χ2n) is 7.51. The monoisotopic (exact) mass is 405 g/mol. The number of aryl methyl sites for hydroxylation is 2. The van der Waals surface area contributed by atoms with Gasteiger partial charge in [-0.1, -0.05) is 30.3 Å². The van der Waals surface area contributed by atoms with Gasteiger partial charge in [-0.3, -0.25) is 14.4 Å². The van der Waals surface area contributed by atoms with Gasteiger partial charge >= 0.3 is 0 Å². The topological polar surface area (TPSA) is 101 Å². The number of carbonyl (C=O) groups is 1. The first kappa shape index (κ1) is 19.8. The lowest BCUT2D eigenvalue weighted by Crippen LogP contribution is -2.35. The minimum Gasteiger partial charge on any atom is -0.327 e. The number of hydrogen-bond acceptors (Lipinski definition) is 5. The molecule has 8 heteroatoms. The Morgan fingerprint density at radius 1 is 1.17 bits per heavy atom. The van der Waals surface area contributed by atoms with Crippen molar-refractivity contribution in [3.63, 3.8) is 0 Å². The lowest BCUT2D eigenvalue weighted by Gasteiger charge is -2.24. The summed E-state index contributed by atoms with van der Waals surface area (Å²) in [5, 5.41) is 4.06. The molecule has 0 unspecified atom stereocenters. The summed E-state index contributed by atoms with van der Waals surface area (Å²) in [6, 6.07) is 12.2. The van der Waals surface area contributed by atoms with E-state index in [1.54, 1.807) is 4.90 Å². The minimum atomic E-state index is -0.325. The number of rotatable bonds is 4. The van der Waals surface area contributed by atoms with Crippen molar-refractivity contribution in [3.05, 3.63) is 91.5 Å². The van der Waals surface area contributed by atoms with E-state index in [1.165, 1.54) is 19.2 Å². The SMILES string of the molecule is Cc1nc([C@H]2CCCN2C(=O)c2ccc(=O)n(C)n2)[nH]c(=O)c1Cc1ccccc1. The van der Waals surface area contributed by atoms with Crippen LogP contribution in [0.2, 0.25) is 0 Å². The van der Waals surface area contributed by atoms with Crippen molar-refractivity contribution in [2.45, 2.75) is 32.2 Å². The maximum absolute atomic E-state index is 13.0. The van der Waals surface area contributed by atoms with Crippen LogP contribution in [0.3, 0.4) is 0 Å². The molecule has 30 heavy (non-hydrogen) atoms. The molecule has 0 bridgehead atoms. The average molecular weight is 405 g/mol. The highest BCUT2D eigenvalue weighted by atomic mass is 16.2. The molecule has 1 aliphatic heterocycles. The van der Waals surface area contributed by atoms with Gasteiger partial charge in [0.25, 0.3) is 17.0 Å². The van der Waals surface area contributed by atoms with Crippen LogP contribution in [0, 0.1) is 6.92 Å². The molecule has 1 aliphatic rings. The second-order valence-corrected chi connectivity index (χ2v) is 7.51. The molecule has 1 N–H and O–H groups in total. The fraction of sp³-hybridized carbons (Fsp3) is 0.318. The standard InChI is InChI=1S/C22H23N5O3/c1-14-16(13-15-7-4-3-5-8-15)21(29)24-20(23-14)18-9-6-12-27(18)22(30)17-10-11-19(28)26(2)25-17/h3-5,7-8,10-11,18H,6,9,12-13H2,1-2H3,(H,23,24,29)/t18-/m1/s1. The summed E-state index contributed by atoms with van der Waals surface area (Å²) in [6.07, 6.45) is 2.01. The van der Waals surface area contributed by atoms with E-state index in [1.807, 2.05) is 37.3 Å². The smallest absolute Gasteiger partial charge is 0.274 e. The van der Waals surface area contributed by atoms with Gasteiger partial charge in [0.15, 0.2) is 0 Å². The predicted molar refractivity (Wildman–Crippen MR) is 111 cm³/mol. The largest absolute Gasteiger partial charge is 0.327 e. The van der Waals surface area contributed by atoms with Crippen LogP contribution < -0.4 is 11.1 Å². The molecule has 1 fully saturated rings. The molecule has 0 spiro atoms. The van der Waals surface area contributed by atoms with Crippen molar-refractivity contribution in [1.82, 2.24) is 24.6 Å². The molecule has 8 nitrogen and oxygen atoms in total. The molecular weight excluding hydrogens is 382 g/mol. The van der Waals surface area contributed by atoms with Gasteiger partial charge in [-0.15, -0.1) is 0 Å². The second kappa shape index (κ2) is 8.06. The summed E-state index contributed by atoms with van der Waals surface area (Å²) >= 11 is 0.